The molecule has 136 valence electrons. The second-order valence-electron chi connectivity index (χ2n) is 6.12. The molecule has 1 aromatic heterocycles. The fraction of sp³-hybridized carbons (Fsp3) is 0.444. The summed E-state index contributed by atoms with van der Waals surface area (Å²) < 4.78 is 11.9. The van der Waals surface area contributed by atoms with E-state index in [1.54, 1.807) is 18.2 Å². The molecule has 7 heteroatoms. The van der Waals surface area contributed by atoms with Gasteiger partial charge in [0.2, 0.25) is 0 Å². The molecule has 1 aromatic carbocycles. The van der Waals surface area contributed by atoms with E-state index in [1.165, 1.54) is 25.4 Å². The Hall–Kier alpha value is -2.12. The molecule has 2 atom stereocenters. The van der Waals surface area contributed by atoms with Crippen LogP contribution in [0.15, 0.2) is 18.2 Å². The van der Waals surface area contributed by atoms with E-state index < -0.39 is 11.9 Å². The van der Waals surface area contributed by atoms with Gasteiger partial charge < -0.3 is 19.7 Å². The molecule has 0 aliphatic carbocycles. The lowest BCUT2D eigenvalue weighted by Gasteiger charge is -2.13. The molecule has 1 heterocycles. The largest absolute Gasteiger partial charge is 0.493 e. The Morgan fingerprint density at radius 2 is 1.92 bits per heavy atom. The van der Waals surface area contributed by atoms with Crippen LogP contribution in [0.3, 0.4) is 0 Å². The van der Waals surface area contributed by atoms with Gasteiger partial charge >= 0.3 is 5.97 Å². The van der Waals surface area contributed by atoms with Crippen molar-refractivity contribution in [1.29, 1.82) is 0 Å². The van der Waals surface area contributed by atoms with E-state index in [-0.39, 0.29) is 24.7 Å². The van der Waals surface area contributed by atoms with Crippen LogP contribution < -0.4 is 9.47 Å². The van der Waals surface area contributed by atoms with Gasteiger partial charge in [-0.3, -0.25) is 9.59 Å². The fourth-order valence-electron chi connectivity index (χ4n) is 2.21. The van der Waals surface area contributed by atoms with Gasteiger partial charge in [-0.1, -0.05) is 13.8 Å². The van der Waals surface area contributed by atoms with Crippen molar-refractivity contribution in [2.45, 2.75) is 20.3 Å². The van der Waals surface area contributed by atoms with E-state index in [1.807, 2.05) is 6.92 Å². The van der Waals surface area contributed by atoms with Crippen molar-refractivity contribution < 1.29 is 29.3 Å². The molecule has 0 fully saturated rings. The minimum atomic E-state index is -0.982. The van der Waals surface area contributed by atoms with Crippen LogP contribution in [0.1, 0.15) is 29.9 Å². The molecular formula is C18H22O6S. The Balaban J connectivity index is 2.26. The minimum Gasteiger partial charge on any atom is -0.493 e. The van der Waals surface area contributed by atoms with Crippen LogP contribution in [0.4, 0.5) is 0 Å². The van der Waals surface area contributed by atoms with Crippen LogP contribution in [0.5, 0.6) is 11.5 Å². The van der Waals surface area contributed by atoms with Crippen molar-refractivity contribution >= 4 is 33.2 Å². The Labute approximate surface area is 150 Å². The second-order valence-corrected chi connectivity index (χ2v) is 7.20. The molecule has 25 heavy (non-hydrogen) atoms. The topological polar surface area (TPSA) is 93.1 Å². The minimum absolute atomic E-state index is 0.00229. The predicted octanol–water partition coefficient (Wildman–Crippen LogP) is 3.21. The maximum atomic E-state index is 12.3. The summed E-state index contributed by atoms with van der Waals surface area (Å²) in [5.74, 6) is -0.789. The number of thiophene rings is 1. The van der Waals surface area contributed by atoms with E-state index in [4.69, 9.17) is 19.7 Å². The number of Topliss-reactive ketones (excluding diaryl/α,β-unsaturated/α-hetero) is 1. The molecule has 0 saturated heterocycles. The van der Waals surface area contributed by atoms with Crippen molar-refractivity contribution in [1.82, 2.24) is 0 Å². The van der Waals surface area contributed by atoms with E-state index in [0.29, 0.717) is 23.0 Å². The number of carboxylic acid groups (broad SMARTS) is 1. The molecule has 1 unspecified atom stereocenters. The first-order chi connectivity index (χ1) is 11.8. The van der Waals surface area contributed by atoms with Crippen molar-refractivity contribution in [2.24, 2.45) is 11.8 Å². The summed E-state index contributed by atoms with van der Waals surface area (Å²) in [4.78, 5) is 23.7. The first-order valence-corrected chi connectivity index (χ1v) is 8.78. The van der Waals surface area contributed by atoms with Crippen molar-refractivity contribution in [3.8, 4) is 11.5 Å². The average molecular weight is 366 g/mol. The zero-order valence-electron chi connectivity index (χ0n) is 14.4. The quantitative estimate of drug-likeness (QED) is 0.662. The number of hydrogen-bond acceptors (Lipinski definition) is 6. The molecule has 0 aliphatic rings. The molecule has 0 radical (unpaired) electrons. The van der Waals surface area contributed by atoms with E-state index in [9.17, 15) is 9.59 Å². The van der Waals surface area contributed by atoms with E-state index in [0.717, 1.165) is 10.1 Å². The summed E-state index contributed by atoms with van der Waals surface area (Å²) in [6.07, 6.45) is -0.0311. The molecule has 0 spiro atoms. The van der Waals surface area contributed by atoms with Gasteiger partial charge in [0.1, 0.15) is 0 Å². The lowest BCUT2D eigenvalue weighted by molar-refractivity contribution is -0.141. The predicted molar refractivity (Wildman–Crippen MR) is 95.9 cm³/mol. The Morgan fingerprint density at radius 3 is 2.52 bits per heavy atom. The third-order valence-electron chi connectivity index (χ3n) is 3.83. The Bertz CT molecular complexity index is 766. The van der Waals surface area contributed by atoms with E-state index >= 15 is 0 Å². The van der Waals surface area contributed by atoms with Gasteiger partial charge in [0.05, 0.1) is 24.5 Å². The van der Waals surface area contributed by atoms with Crippen LogP contribution in [0.25, 0.3) is 10.1 Å². The highest BCUT2D eigenvalue weighted by Crippen LogP contribution is 2.37. The number of aliphatic carboxylic acids is 1. The number of carbonyl (C=O) groups excluding carboxylic acids is 1. The van der Waals surface area contributed by atoms with Gasteiger partial charge in [-0.2, -0.15) is 0 Å². The highest BCUT2D eigenvalue weighted by Gasteiger charge is 2.19. The average Bonchev–Trinajstić information content (AvgIpc) is 3.01. The summed E-state index contributed by atoms with van der Waals surface area (Å²) in [5, 5.41) is 18.9. The first kappa shape index (κ1) is 19.2. The van der Waals surface area contributed by atoms with E-state index in [2.05, 4.69) is 0 Å². The number of rotatable bonds is 9. The number of carbonyl (C=O) groups is 2. The van der Waals surface area contributed by atoms with Gasteiger partial charge in [-0.15, -0.1) is 11.3 Å². The number of hydrogen-bond donors (Lipinski definition) is 2. The standard InChI is InChI=1S/C18H22O6S/c1-10(8-19)9-24-15-5-12-6-17(13(20)4-11(2)18(21)22)25-16(12)7-14(15)23-3/h5-7,10-11,19H,4,8-9H2,1-3H3,(H,21,22)/t10?,11-/m0/s1. The van der Waals surface area contributed by atoms with Crippen LogP contribution in [0.2, 0.25) is 0 Å². The van der Waals surface area contributed by atoms with Crippen LogP contribution in [-0.4, -0.2) is 42.3 Å². The van der Waals surface area contributed by atoms with Gasteiger partial charge in [-0.25, -0.2) is 0 Å². The first-order valence-electron chi connectivity index (χ1n) is 7.97. The number of methoxy groups -OCH3 is 1. The molecule has 0 amide bonds. The Kier molecular flexibility index (Phi) is 6.39. The summed E-state index contributed by atoms with van der Waals surface area (Å²) in [7, 11) is 1.54. The molecule has 2 aromatic rings. The number of ketones is 1. The molecule has 2 N–H and O–H groups in total. The smallest absolute Gasteiger partial charge is 0.306 e. The lowest BCUT2D eigenvalue weighted by Crippen LogP contribution is -2.13. The van der Waals surface area contributed by atoms with Crippen LogP contribution >= 0.6 is 11.3 Å². The zero-order valence-corrected chi connectivity index (χ0v) is 15.3. The number of carboxylic acids is 1. The summed E-state index contributed by atoms with van der Waals surface area (Å²) in [6.45, 7) is 3.77. The van der Waals surface area contributed by atoms with Crippen molar-refractivity contribution in [3.63, 3.8) is 0 Å². The number of ether oxygens (including phenoxy) is 2. The normalized spacial score (nSPS) is 13.4. The van der Waals surface area contributed by atoms with Crippen LogP contribution in [0, 0.1) is 11.8 Å². The maximum absolute atomic E-state index is 12.3. The highest BCUT2D eigenvalue weighted by molar-refractivity contribution is 7.20. The molecular weight excluding hydrogens is 344 g/mol. The summed E-state index contributed by atoms with van der Waals surface area (Å²) >= 11 is 1.31. The van der Waals surface area contributed by atoms with Gasteiger partial charge in [0, 0.05) is 29.7 Å². The highest BCUT2D eigenvalue weighted by atomic mass is 32.1. The molecule has 6 nitrogen and oxygen atoms in total. The monoisotopic (exact) mass is 366 g/mol. The maximum Gasteiger partial charge on any atom is 0.306 e. The van der Waals surface area contributed by atoms with Crippen molar-refractivity contribution in [3.05, 3.63) is 23.1 Å². The molecule has 0 bridgehead atoms. The number of fused-ring (bicyclic) bond motifs is 1. The number of benzene rings is 1. The van der Waals surface area contributed by atoms with Gasteiger partial charge in [0.15, 0.2) is 17.3 Å². The molecule has 0 aliphatic heterocycles. The number of aliphatic hydroxyl groups excluding tert-OH is 1. The third-order valence-corrected chi connectivity index (χ3v) is 4.96. The zero-order chi connectivity index (χ0) is 18.6. The second kappa shape index (κ2) is 8.31. The SMILES string of the molecule is COc1cc2sc(C(=O)C[C@H](C)C(=O)O)cc2cc1OCC(C)CO. The van der Waals surface area contributed by atoms with Gasteiger partial charge in [-0.05, 0) is 17.5 Å². The number of aliphatic hydroxyl groups is 1. The fourth-order valence-corrected chi connectivity index (χ4v) is 3.23. The van der Waals surface area contributed by atoms with Gasteiger partial charge in [0.25, 0.3) is 0 Å². The molecule has 2 rings (SSSR count). The van der Waals surface area contributed by atoms with Crippen LogP contribution in [-0.2, 0) is 4.79 Å². The summed E-state index contributed by atoms with van der Waals surface area (Å²) in [5.41, 5.74) is 0. The third kappa shape index (κ3) is 4.70. The molecule has 0 saturated carbocycles. The Morgan fingerprint density at radius 1 is 1.20 bits per heavy atom. The lowest BCUT2D eigenvalue weighted by atomic mass is 10.0. The summed E-state index contributed by atoms with van der Waals surface area (Å²) in [6, 6.07) is 5.35. The van der Waals surface area contributed by atoms with Crippen molar-refractivity contribution in [2.75, 3.05) is 20.3 Å².